The molecule has 1 heterocycles. The second-order valence-electron chi connectivity index (χ2n) is 8.53. The van der Waals surface area contributed by atoms with Gasteiger partial charge in [0.1, 0.15) is 16.5 Å². The van der Waals surface area contributed by atoms with Gasteiger partial charge < -0.3 is 20.1 Å². The lowest BCUT2D eigenvalue weighted by molar-refractivity contribution is -0.120. The van der Waals surface area contributed by atoms with E-state index in [0.717, 1.165) is 17.7 Å². The molecule has 3 aromatic carbocycles. The second kappa shape index (κ2) is 12.3. The lowest BCUT2D eigenvalue weighted by atomic mass is 10.1. The maximum atomic E-state index is 13.0. The zero-order valence-electron chi connectivity index (χ0n) is 21.3. The summed E-state index contributed by atoms with van der Waals surface area (Å²) in [7, 11) is 1.26. The Morgan fingerprint density at radius 2 is 1.56 bits per heavy atom. The summed E-state index contributed by atoms with van der Waals surface area (Å²) in [5.41, 5.74) is 1.81. The van der Waals surface area contributed by atoms with Crippen LogP contribution in [-0.2, 0) is 14.3 Å². The summed E-state index contributed by atoms with van der Waals surface area (Å²) in [4.78, 5) is 51.2. The summed E-state index contributed by atoms with van der Waals surface area (Å²) in [5, 5.41) is 5.45. The van der Waals surface area contributed by atoms with E-state index in [1.165, 1.54) is 31.4 Å². The van der Waals surface area contributed by atoms with Crippen molar-refractivity contribution in [1.82, 2.24) is 0 Å². The summed E-state index contributed by atoms with van der Waals surface area (Å²) >= 11 is 6.21. The van der Waals surface area contributed by atoms with Gasteiger partial charge in [-0.15, -0.1) is 0 Å². The minimum atomic E-state index is -0.703. The molecule has 0 radical (unpaired) electrons. The second-order valence-corrected chi connectivity index (χ2v) is 8.91. The summed E-state index contributed by atoms with van der Waals surface area (Å²) in [6, 6.07) is 19.4. The van der Waals surface area contributed by atoms with Crippen LogP contribution in [-0.4, -0.2) is 37.4 Å². The number of ether oxygens (including phenoxy) is 2. The predicted molar refractivity (Wildman–Crippen MR) is 148 cm³/mol. The molecule has 2 N–H and O–H groups in total. The fourth-order valence-electron chi connectivity index (χ4n) is 3.78. The molecule has 0 aliphatic carbocycles. The minimum absolute atomic E-state index is 0.103. The smallest absolute Gasteiger partial charge is 0.337 e. The van der Waals surface area contributed by atoms with Gasteiger partial charge in [0.05, 0.1) is 30.7 Å². The van der Waals surface area contributed by atoms with Crippen molar-refractivity contribution >= 4 is 52.4 Å². The summed E-state index contributed by atoms with van der Waals surface area (Å²) in [6.45, 7) is 2.63. The predicted octanol–water partition coefficient (Wildman–Crippen LogP) is 5.34. The normalized spacial score (nSPS) is 12.9. The molecular weight excluding hydrogens is 522 g/mol. The fourth-order valence-corrected chi connectivity index (χ4v) is 3.99. The third kappa shape index (κ3) is 6.10. The van der Waals surface area contributed by atoms with Gasteiger partial charge in [-0.05, 0) is 67.1 Å². The first kappa shape index (κ1) is 27.4. The number of rotatable bonds is 10. The molecule has 39 heavy (non-hydrogen) atoms. The molecule has 0 atom stereocenters. The van der Waals surface area contributed by atoms with Crippen molar-refractivity contribution in [3.8, 4) is 5.75 Å². The molecule has 0 unspecified atom stereocenters. The highest BCUT2D eigenvalue weighted by Crippen LogP contribution is 2.31. The molecule has 4 rings (SSSR count). The number of carbonyl (C=O) groups excluding carboxylic acids is 4. The number of imide groups is 1. The van der Waals surface area contributed by atoms with E-state index in [2.05, 4.69) is 22.3 Å². The van der Waals surface area contributed by atoms with Crippen molar-refractivity contribution in [2.45, 2.75) is 19.8 Å². The maximum Gasteiger partial charge on any atom is 0.337 e. The molecule has 1 aliphatic heterocycles. The molecule has 3 amide bonds. The fraction of sp³-hybridized carbons (Fsp3) is 0.172. The number of methoxy groups -OCH3 is 1. The first-order valence-electron chi connectivity index (χ1n) is 12.2. The average molecular weight is 548 g/mol. The number of halogens is 1. The van der Waals surface area contributed by atoms with Crippen LogP contribution in [0.2, 0.25) is 0 Å². The largest absolute Gasteiger partial charge is 0.491 e. The van der Waals surface area contributed by atoms with Gasteiger partial charge in [0, 0.05) is 11.3 Å². The van der Waals surface area contributed by atoms with E-state index in [9.17, 15) is 19.2 Å². The SMILES string of the molecule is CCCCOc1ccccc1NC(=O)c1ccc(NC2=C(Cl)C(=O)N(c3ccc(C(=O)OC)cc3)C2=O)cc1. The van der Waals surface area contributed by atoms with E-state index < -0.39 is 17.8 Å². The van der Waals surface area contributed by atoms with Crippen LogP contribution in [0.25, 0.3) is 0 Å². The van der Waals surface area contributed by atoms with Gasteiger partial charge in [0.25, 0.3) is 17.7 Å². The lowest BCUT2D eigenvalue weighted by Crippen LogP contribution is -2.32. The molecule has 0 saturated carbocycles. The first-order chi connectivity index (χ1) is 18.8. The van der Waals surface area contributed by atoms with Crippen molar-refractivity contribution in [2.24, 2.45) is 0 Å². The average Bonchev–Trinajstić information content (AvgIpc) is 3.16. The number of hydrogen-bond acceptors (Lipinski definition) is 7. The van der Waals surface area contributed by atoms with Crippen LogP contribution in [0.5, 0.6) is 5.75 Å². The van der Waals surface area contributed by atoms with Crippen LogP contribution in [0, 0.1) is 0 Å². The quantitative estimate of drug-likeness (QED) is 0.200. The Kier molecular flexibility index (Phi) is 8.63. The van der Waals surface area contributed by atoms with E-state index in [0.29, 0.717) is 29.3 Å². The van der Waals surface area contributed by atoms with Crippen molar-refractivity contribution in [3.63, 3.8) is 0 Å². The highest BCUT2D eigenvalue weighted by Gasteiger charge is 2.39. The third-order valence-corrected chi connectivity index (χ3v) is 6.23. The molecule has 0 bridgehead atoms. The Bertz CT molecular complexity index is 1430. The molecule has 0 spiro atoms. The number of esters is 1. The Hall–Kier alpha value is -4.63. The highest BCUT2D eigenvalue weighted by molar-refractivity contribution is 6.53. The number of nitrogens with one attached hydrogen (secondary N) is 2. The monoisotopic (exact) mass is 547 g/mol. The number of benzene rings is 3. The van der Waals surface area contributed by atoms with E-state index in [4.69, 9.17) is 16.3 Å². The van der Waals surface area contributed by atoms with Gasteiger partial charge >= 0.3 is 5.97 Å². The van der Waals surface area contributed by atoms with Crippen molar-refractivity contribution in [1.29, 1.82) is 0 Å². The molecule has 10 heteroatoms. The molecule has 0 aromatic heterocycles. The Morgan fingerprint density at radius 1 is 0.897 bits per heavy atom. The van der Waals surface area contributed by atoms with Crippen LogP contribution in [0.1, 0.15) is 40.5 Å². The van der Waals surface area contributed by atoms with Crippen molar-refractivity contribution < 1.29 is 28.7 Å². The Balaban J connectivity index is 1.43. The standard InChI is InChI=1S/C29H26ClN3O6/c1-3-4-17-39-23-8-6-5-7-22(23)32-26(34)18-9-13-20(14-10-18)31-25-24(30)27(35)33(28(25)36)21-15-11-19(12-16-21)29(37)38-2/h5-16,31H,3-4,17H2,1-2H3,(H,32,34). The van der Waals surface area contributed by atoms with Crippen molar-refractivity contribution in [2.75, 3.05) is 29.3 Å². The van der Waals surface area contributed by atoms with E-state index >= 15 is 0 Å². The Morgan fingerprint density at radius 3 is 2.23 bits per heavy atom. The van der Waals surface area contributed by atoms with Crippen LogP contribution < -0.4 is 20.3 Å². The zero-order chi connectivity index (χ0) is 27.9. The molecule has 0 saturated heterocycles. The van der Waals surface area contributed by atoms with E-state index in [1.807, 2.05) is 12.1 Å². The number of anilines is 3. The van der Waals surface area contributed by atoms with Gasteiger partial charge in [-0.1, -0.05) is 37.1 Å². The summed E-state index contributed by atoms with van der Waals surface area (Å²) in [5.74, 6) is -1.64. The maximum absolute atomic E-state index is 13.0. The molecule has 1 aliphatic rings. The zero-order valence-corrected chi connectivity index (χ0v) is 22.1. The number of hydrogen-bond donors (Lipinski definition) is 2. The Labute approximate surface area is 230 Å². The van der Waals surface area contributed by atoms with Gasteiger partial charge in [-0.25, -0.2) is 9.69 Å². The summed E-state index contributed by atoms with van der Waals surface area (Å²) in [6.07, 6.45) is 1.91. The molecule has 0 fully saturated rings. The number of unbranched alkanes of at least 4 members (excludes halogenated alkanes) is 1. The highest BCUT2D eigenvalue weighted by atomic mass is 35.5. The van der Waals surface area contributed by atoms with E-state index in [1.54, 1.807) is 36.4 Å². The van der Waals surface area contributed by atoms with Crippen LogP contribution in [0.4, 0.5) is 17.1 Å². The first-order valence-corrected chi connectivity index (χ1v) is 12.6. The molecule has 3 aromatic rings. The molecule has 200 valence electrons. The van der Waals surface area contributed by atoms with Crippen LogP contribution in [0.15, 0.2) is 83.5 Å². The molecular formula is C29H26ClN3O6. The number of carbonyl (C=O) groups is 4. The van der Waals surface area contributed by atoms with Crippen LogP contribution >= 0.6 is 11.6 Å². The lowest BCUT2D eigenvalue weighted by Gasteiger charge is -2.15. The van der Waals surface area contributed by atoms with Crippen molar-refractivity contribution in [3.05, 3.63) is 94.7 Å². The topological polar surface area (TPSA) is 114 Å². The number of nitrogens with zero attached hydrogens (tertiary/aromatic N) is 1. The van der Waals surface area contributed by atoms with Gasteiger partial charge in [0.15, 0.2) is 0 Å². The van der Waals surface area contributed by atoms with Crippen LogP contribution in [0.3, 0.4) is 0 Å². The third-order valence-electron chi connectivity index (χ3n) is 5.88. The molecule has 9 nitrogen and oxygen atoms in total. The van der Waals surface area contributed by atoms with Gasteiger partial charge in [-0.2, -0.15) is 0 Å². The van der Waals surface area contributed by atoms with Gasteiger partial charge in [-0.3, -0.25) is 14.4 Å². The van der Waals surface area contributed by atoms with E-state index in [-0.39, 0.29) is 27.9 Å². The number of amides is 3. The minimum Gasteiger partial charge on any atom is -0.491 e. The summed E-state index contributed by atoms with van der Waals surface area (Å²) < 4.78 is 10.4. The number of para-hydroxylation sites is 2. The van der Waals surface area contributed by atoms with Gasteiger partial charge in [0.2, 0.25) is 0 Å².